The Kier molecular flexibility index (Phi) is 1.74. The van der Waals surface area contributed by atoms with Crippen LogP contribution in [-0.4, -0.2) is 21.3 Å². The molecule has 4 nitrogen and oxygen atoms in total. The van der Waals surface area contributed by atoms with Crippen molar-refractivity contribution in [3.05, 3.63) is 30.1 Å². The number of nitrogens with zero attached hydrogens (tertiary/aromatic N) is 3. The van der Waals surface area contributed by atoms with Crippen LogP contribution >= 0.6 is 0 Å². The van der Waals surface area contributed by atoms with Crippen LogP contribution in [0.25, 0.3) is 11.3 Å². The maximum absolute atomic E-state index is 4.52. The average Bonchev–Trinajstić information content (AvgIpc) is 2.84. The van der Waals surface area contributed by atoms with Gasteiger partial charge in [-0.25, -0.2) is 0 Å². The molecule has 1 aliphatic heterocycles. The topological polar surface area (TPSA) is 42.7 Å². The highest BCUT2D eigenvalue weighted by molar-refractivity contribution is 5.70. The Morgan fingerprint density at radius 3 is 3.20 bits per heavy atom. The van der Waals surface area contributed by atoms with Crippen molar-refractivity contribution in [2.45, 2.75) is 6.42 Å². The number of anilines is 1. The molecule has 0 spiro atoms. The first-order chi connectivity index (χ1) is 7.36. The fourth-order valence-corrected chi connectivity index (χ4v) is 2.07. The van der Waals surface area contributed by atoms with E-state index in [4.69, 9.17) is 0 Å². The third-order valence-corrected chi connectivity index (χ3v) is 2.75. The first kappa shape index (κ1) is 8.47. The van der Waals surface area contributed by atoms with Gasteiger partial charge in [0.15, 0.2) is 0 Å². The Balaban J connectivity index is 2.18. The van der Waals surface area contributed by atoms with Crippen molar-refractivity contribution in [1.29, 1.82) is 0 Å². The third kappa shape index (κ3) is 1.21. The molecule has 1 N–H and O–H groups in total. The van der Waals surface area contributed by atoms with Gasteiger partial charge in [-0.1, -0.05) is 0 Å². The van der Waals surface area contributed by atoms with Crippen LogP contribution in [0.5, 0.6) is 0 Å². The molecule has 2 aromatic heterocycles. The summed E-state index contributed by atoms with van der Waals surface area (Å²) in [4.78, 5) is 4.13. The number of aromatic nitrogens is 3. The van der Waals surface area contributed by atoms with Crippen LogP contribution in [-0.2, 0) is 13.5 Å². The molecule has 0 saturated heterocycles. The van der Waals surface area contributed by atoms with Crippen molar-refractivity contribution < 1.29 is 0 Å². The summed E-state index contributed by atoms with van der Waals surface area (Å²) in [7, 11) is 1.97. The molecular formula is C11H12N4. The van der Waals surface area contributed by atoms with Crippen molar-refractivity contribution >= 4 is 5.82 Å². The maximum atomic E-state index is 4.52. The number of hydrogen-bond donors (Lipinski definition) is 1. The summed E-state index contributed by atoms with van der Waals surface area (Å²) in [5.41, 5.74) is 3.47. The van der Waals surface area contributed by atoms with Gasteiger partial charge in [0.1, 0.15) is 5.82 Å². The highest BCUT2D eigenvalue weighted by Crippen LogP contribution is 2.31. The summed E-state index contributed by atoms with van der Waals surface area (Å²) in [5, 5.41) is 7.86. The number of pyridine rings is 1. The zero-order chi connectivity index (χ0) is 10.3. The summed E-state index contributed by atoms with van der Waals surface area (Å²) in [5.74, 6) is 1.15. The molecule has 0 aromatic carbocycles. The molecule has 4 heteroatoms. The van der Waals surface area contributed by atoms with Gasteiger partial charge in [-0.05, 0) is 18.6 Å². The quantitative estimate of drug-likeness (QED) is 0.757. The summed E-state index contributed by atoms with van der Waals surface area (Å²) in [6.45, 7) is 1.01. The fraction of sp³-hybridized carbons (Fsp3) is 0.273. The minimum Gasteiger partial charge on any atom is -0.370 e. The normalized spacial score (nSPS) is 13.7. The van der Waals surface area contributed by atoms with Gasteiger partial charge in [-0.3, -0.25) is 9.67 Å². The Bertz CT molecular complexity index is 487. The first-order valence-electron chi connectivity index (χ1n) is 5.06. The number of fused-ring (bicyclic) bond motifs is 1. The Labute approximate surface area is 88.0 Å². The van der Waals surface area contributed by atoms with Crippen LogP contribution in [0.3, 0.4) is 0 Å². The second kappa shape index (κ2) is 3.08. The van der Waals surface area contributed by atoms with Crippen molar-refractivity contribution in [3.63, 3.8) is 0 Å². The number of aryl methyl sites for hydroxylation is 1. The number of rotatable bonds is 1. The molecule has 1 aliphatic rings. The second-order valence-corrected chi connectivity index (χ2v) is 3.72. The average molecular weight is 200 g/mol. The summed E-state index contributed by atoms with van der Waals surface area (Å²) < 4.78 is 1.91. The summed E-state index contributed by atoms with van der Waals surface area (Å²) >= 11 is 0. The molecule has 0 unspecified atom stereocenters. The van der Waals surface area contributed by atoms with Gasteiger partial charge in [0, 0.05) is 37.1 Å². The highest BCUT2D eigenvalue weighted by atomic mass is 15.3. The van der Waals surface area contributed by atoms with Crippen LogP contribution in [0, 0.1) is 0 Å². The van der Waals surface area contributed by atoms with Crippen molar-refractivity contribution in [3.8, 4) is 11.3 Å². The molecule has 0 radical (unpaired) electrons. The predicted molar refractivity (Wildman–Crippen MR) is 58.6 cm³/mol. The van der Waals surface area contributed by atoms with Gasteiger partial charge in [0.05, 0.1) is 5.69 Å². The summed E-state index contributed by atoms with van der Waals surface area (Å²) in [6, 6.07) is 3.99. The fourth-order valence-electron chi connectivity index (χ4n) is 2.07. The molecule has 0 aliphatic carbocycles. The van der Waals surface area contributed by atoms with Crippen molar-refractivity contribution in [2.75, 3.05) is 11.9 Å². The van der Waals surface area contributed by atoms with Gasteiger partial charge >= 0.3 is 0 Å². The maximum Gasteiger partial charge on any atom is 0.127 e. The highest BCUT2D eigenvalue weighted by Gasteiger charge is 2.21. The molecule has 3 heterocycles. The van der Waals surface area contributed by atoms with Crippen molar-refractivity contribution in [1.82, 2.24) is 14.8 Å². The minimum atomic E-state index is 1.01. The van der Waals surface area contributed by atoms with E-state index in [-0.39, 0.29) is 0 Å². The van der Waals surface area contributed by atoms with Gasteiger partial charge in [0.25, 0.3) is 0 Å². The molecule has 0 fully saturated rings. The monoisotopic (exact) mass is 200 g/mol. The molecule has 0 saturated carbocycles. The van der Waals surface area contributed by atoms with E-state index in [1.54, 1.807) is 6.20 Å². The van der Waals surface area contributed by atoms with E-state index in [1.807, 2.05) is 30.1 Å². The summed E-state index contributed by atoms with van der Waals surface area (Å²) in [6.07, 6.45) is 4.69. The molecule has 0 amide bonds. The minimum absolute atomic E-state index is 1.01. The number of hydrogen-bond acceptors (Lipinski definition) is 3. The van der Waals surface area contributed by atoms with E-state index in [2.05, 4.69) is 15.4 Å². The molecular weight excluding hydrogens is 188 g/mol. The second-order valence-electron chi connectivity index (χ2n) is 3.72. The largest absolute Gasteiger partial charge is 0.370 e. The van der Waals surface area contributed by atoms with E-state index < -0.39 is 0 Å². The molecule has 2 aromatic rings. The first-order valence-corrected chi connectivity index (χ1v) is 5.06. The number of nitrogens with one attached hydrogen (secondary N) is 1. The SMILES string of the molecule is Cn1nc(-c2cccnc2)c2c1NCC2. The lowest BCUT2D eigenvalue weighted by atomic mass is 10.1. The van der Waals surface area contributed by atoms with Crippen LogP contribution in [0.15, 0.2) is 24.5 Å². The molecule has 0 atom stereocenters. The molecule has 0 bridgehead atoms. The lowest BCUT2D eigenvalue weighted by Crippen LogP contribution is -2.01. The molecule has 15 heavy (non-hydrogen) atoms. The van der Waals surface area contributed by atoms with Gasteiger partial charge in [-0.2, -0.15) is 5.10 Å². The zero-order valence-corrected chi connectivity index (χ0v) is 8.57. The standard InChI is InChI=1S/C11H12N4/c1-15-11-9(4-6-13-11)10(14-15)8-3-2-5-12-7-8/h2-3,5,7,13H,4,6H2,1H3. The zero-order valence-electron chi connectivity index (χ0n) is 8.57. The van der Waals surface area contributed by atoms with E-state index in [0.717, 1.165) is 30.0 Å². The molecule has 76 valence electrons. The van der Waals surface area contributed by atoms with Crippen LogP contribution in [0.1, 0.15) is 5.56 Å². The van der Waals surface area contributed by atoms with Gasteiger partial charge < -0.3 is 5.32 Å². The van der Waals surface area contributed by atoms with Gasteiger partial charge in [0.2, 0.25) is 0 Å². The van der Waals surface area contributed by atoms with Crippen LogP contribution in [0.2, 0.25) is 0 Å². The van der Waals surface area contributed by atoms with Crippen molar-refractivity contribution in [2.24, 2.45) is 7.05 Å². The molecule has 3 rings (SSSR count). The van der Waals surface area contributed by atoms with E-state index >= 15 is 0 Å². The Morgan fingerprint density at radius 1 is 1.47 bits per heavy atom. The van der Waals surface area contributed by atoms with E-state index in [1.165, 1.54) is 5.56 Å². The smallest absolute Gasteiger partial charge is 0.127 e. The third-order valence-electron chi connectivity index (χ3n) is 2.75. The predicted octanol–water partition coefficient (Wildman–Crippen LogP) is 1.45. The lowest BCUT2D eigenvalue weighted by Gasteiger charge is -1.97. The Morgan fingerprint density at radius 2 is 2.40 bits per heavy atom. The Hall–Kier alpha value is -1.84. The lowest BCUT2D eigenvalue weighted by molar-refractivity contribution is 0.775. The van der Waals surface area contributed by atoms with Crippen LogP contribution in [0.4, 0.5) is 5.82 Å². The van der Waals surface area contributed by atoms with Gasteiger partial charge in [-0.15, -0.1) is 0 Å². The van der Waals surface area contributed by atoms with E-state index in [0.29, 0.717) is 0 Å². The van der Waals surface area contributed by atoms with Crippen LogP contribution < -0.4 is 5.32 Å². The van der Waals surface area contributed by atoms with E-state index in [9.17, 15) is 0 Å².